The molecule has 8 heteroatoms. The van der Waals surface area contributed by atoms with Gasteiger partial charge in [0.05, 0.1) is 25.5 Å². The Kier molecular flexibility index (Phi) is 7.13. The maximum absolute atomic E-state index is 13.0. The molecule has 7 nitrogen and oxygen atoms in total. The van der Waals surface area contributed by atoms with Crippen molar-refractivity contribution in [3.63, 3.8) is 0 Å². The maximum Gasteiger partial charge on any atom is 0.410 e. The summed E-state index contributed by atoms with van der Waals surface area (Å²) in [6.45, 7) is 1.54. The van der Waals surface area contributed by atoms with E-state index in [2.05, 4.69) is 29.0 Å². The summed E-state index contributed by atoms with van der Waals surface area (Å²) in [5.41, 5.74) is 3.24. The number of amides is 1. The van der Waals surface area contributed by atoms with Gasteiger partial charge in [-0.2, -0.15) is 0 Å². The largest absolute Gasteiger partial charge is 0.444 e. The molecule has 2 saturated heterocycles. The number of piperidine rings is 1. The van der Waals surface area contributed by atoms with E-state index >= 15 is 0 Å². The summed E-state index contributed by atoms with van der Waals surface area (Å²) < 4.78 is 37.8. The summed E-state index contributed by atoms with van der Waals surface area (Å²) in [4.78, 5) is 14.7. The Bertz CT molecular complexity index is 1020. The van der Waals surface area contributed by atoms with Crippen LogP contribution < -0.4 is 4.72 Å². The lowest BCUT2D eigenvalue weighted by Crippen LogP contribution is -2.58. The zero-order valence-electron chi connectivity index (χ0n) is 18.3. The normalized spacial score (nSPS) is 23.8. The van der Waals surface area contributed by atoms with Crippen LogP contribution in [0.2, 0.25) is 0 Å². The third-order valence-electron chi connectivity index (χ3n) is 6.01. The van der Waals surface area contributed by atoms with Crippen LogP contribution >= 0.6 is 0 Å². The van der Waals surface area contributed by atoms with Crippen LogP contribution in [0.1, 0.15) is 24.8 Å². The molecule has 0 bridgehead atoms. The molecule has 1 amide bonds. The highest BCUT2D eigenvalue weighted by atomic mass is 32.2. The molecule has 32 heavy (non-hydrogen) atoms. The van der Waals surface area contributed by atoms with Crippen LogP contribution in [0.3, 0.4) is 0 Å². The predicted molar refractivity (Wildman–Crippen MR) is 123 cm³/mol. The number of likely N-dealkylation sites (tertiary alicyclic amines) is 1. The van der Waals surface area contributed by atoms with Gasteiger partial charge in [0, 0.05) is 19.0 Å². The van der Waals surface area contributed by atoms with E-state index in [9.17, 15) is 13.2 Å². The Labute approximate surface area is 189 Å². The molecule has 2 fully saturated rings. The van der Waals surface area contributed by atoms with E-state index in [1.807, 2.05) is 30.3 Å². The van der Waals surface area contributed by atoms with Crippen LogP contribution in [0.4, 0.5) is 4.79 Å². The molecule has 1 N–H and O–H groups in total. The summed E-state index contributed by atoms with van der Waals surface area (Å²) in [5.74, 6) is 0. The molecular formula is C24H30N2O5S. The minimum absolute atomic E-state index is 0.243. The third-order valence-corrected chi connectivity index (χ3v) is 6.74. The summed E-state index contributed by atoms with van der Waals surface area (Å²) in [5, 5.41) is 0. The number of carbonyl (C=O) groups is 1. The number of benzene rings is 2. The summed E-state index contributed by atoms with van der Waals surface area (Å²) in [6, 6.07) is 17.6. The molecule has 2 aromatic carbocycles. The molecular weight excluding hydrogens is 428 g/mol. The Morgan fingerprint density at radius 2 is 1.91 bits per heavy atom. The first kappa shape index (κ1) is 22.8. The van der Waals surface area contributed by atoms with E-state index in [4.69, 9.17) is 9.47 Å². The van der Waals surface area contributed by atoms with E-state index < -0.39 is 16.1 Å². The molecule has 0 aromatic heterocycles. The number of hydrogen-bond acceptors (Lipinski definition) is 5. The monoisotopic (exact) mass is 458 g/mol. The van der Waals surface area contributed by atoms with Crippen LogP contribution in [-0.4, -0.2) is 63.6 Å². The standard InChI is InChI=1S/C24H30N2O5S/c1-32(28,29)25-22-11-6-13-26(24(27)31-21-12-14-30-17-21)23(22)16-18-7-5-10-20(15-18)19-8-3-2-4-9-19/h2-5,7-10,15,21-23,25H,6,11-14,16-17H2,1H3/t21?,22-,23-/m1/s1. The van der Waals surface area contributed by atoms with Crippen LogP contribution in [0.15, 0.2) is 54.6 Å². The van der Waals surface area contributed by atoms with Crippen molar-refractivity contribution < 1.29 is 22.7 Å². The van der Waals surface area contributed by atoms with Gasteiger partial charge in [0.25, 0.3) is 0 Å². The second-order valence-corrected chi connectivity index (χ2v) is 10.3. The maximum atomic E-state index is 13.0. The number of nitrogens with one attached hydrogen (secondary N) is 1. The van der Waals surface area contributed by atoms with E-state index in [0.717, 1.165) is 22.9 Å². The Balaban J connectivity index is 1.58. The molecule has 0 aliphatic carbocycles. The molecule has 1 unspecified atom stereocenters. The Morgan fingerprint density at radius 1 is 1.12 bits per heavy atom. The molecule has 4 rings (SSSR count). The first-order valence-corrected chi connectivity index (χ1v) is 12.9. The highest BCUT2D eigenvalue weighted by molar-refractivity contribution is 7.88. The van der Waals surface area contributed by atoms with Gasteiger partial charge in [0.2, 0.25) is 10.0 Å². The molecule has 2 aliphatic heterocycles. The fourth-order valence-electron chi connectivity index (χ4n) is 4.51. The lowest BCUT2D eigenvalue weighted by Gasteiger charge is -2.41. The zero-order chi connectivity index (χ0) is 22.6. The van der Waals surface area contributed by atoms with Gasteiger partial charge < -0.3 is 14.4 Å². The Hall–Kier alpha value is -2.42. The topological polar surface area (TPSA) is 84.9 Å². The fourth-order valence-corrected chi connectivity index (χ4v) is 5.34. The van der Waals surface area contributed by atoms with Gasteiger partial charge in [-0.1, -0.05) is 54.6 Å². The second-order valence-electron chi connectivity index (χ2n) is 8.54. The van der Waals surface area contributed by atoms with Crippen molar-refractivity contribution >= 4 is 16.1 Å². The molecule has 3 atom stereocenters. The third kappa shape index (κ3) is 5.88. The van der Waals surface area contributed by atoms with E-state index in [0.29, 0.717) is 45.4 Å². The highest BCUT2D eigenvalue weighted by Crippen LogP contribution is 2.26. The van der Waals surface area contributed by atoms with Gasteiger partial charge in [-0.05, 0) is 36.0 Å². The van der Waals surface area contributed by atoms with E-state index in [1.165, 1.54) is 0 Å². The number of rotatable bonds is 6. The average molecular weight is 459 g/mol. The van der Waals surface area contributed by atoms with Crippen molar-refractivity contribution in [1.29, 1.82) is 0 Å². The van der Waals surface area contributed by atoms with E-state index in [1.54, 1.807) is 4.90 Å². The van der Waals surface area contributed by atoms with Gasteiger partial charge in [-0.3, -0.25) is 0 Å². The first-order chi connectivity index (χ1) is 15.4. The molecule has 2 aromatic rings. The van der Waals surface area contributed by atoms with Crippen LogP contribution in [0.25, 0.3) is 11.1 Å². The van der Waals surface area contributed by atoms with Crippen molar-refractivity contribution in [2.75, 3.05) is 26.0 Å². The number of carbonyl (C=O) groups excluding carboxylic acids is 1. The highest BCUT2D eigenvalue weighted by Gasteiger charge is 2.37. The molecule has 2 heterocycles. The van der Waals surface area contributed by atoms with Crippen molar-refractivity contribution in [2.45, 2.75) is 43.9 Å². The predicted octanol–water partition coefficient (Wildman–Crippen LogP) is 3.20. The fraction of sp³-hybridized carbons (Fsp3) is 0.458. The summed E-state index contributed by atoms with van der Waals surface area (Å²) in [7, 11) is -3.42. The lowest BCUT2D eigenvalue weighted by molar-refractivity contribution is 0.0312. The van der Waals surface area contributed by atoms with Gasteiger partial charge in [0.15, 0.2) is 0 Å². The van der Waals surface area contributed by atoms with Gasteiger partial charge in [-0.25, -0.2) is 17.9 Å². The van der Waals surface area contributed by atoms with Crippen molar-refractivity contribution in [3.8, 4) is 11.1 Å². The van der Waals surface area contributed by atoms with Gasteiger partial charge >= 0.3 is 6.09 Å². The Morgan fingerprint density at radius 3 is 2.62 bits per heavy atom. The summed E-state index contributed by atoms with van der Waals surface area (Å²) >= 11 is 0. The average Bonchev–Trinajstić information content (AvgIpc) is 3.28. The van der Waals surface area contributed by atoms with Gasteiger partial charge in [-0.15, -0.1) is 0 Å². The zero-order valence-corrected chi connectivity index (χ0v) is 19.1. The minimum Gasteiger partial charge on any atom is -0.444 e. The van der Waals surface area contributed by atoms with Crippen molar-refractivity contribution in [1.82, 2.24) is 9.62 Å². The first-order valence-electron chi connectivity index (χ1n) is 11.1. The molecule has 172 valence electrons. The lowest BCUT2D eigenvalue weighted by atomic mass is 9.90. The second kappa shape index (κ2) is 10.0. The van der Waals surface area contributed by atoms with Crippen LogP contribution in [0.5, 0.6) is 0 Å². The SMILES string of the molecule is CS(=O)(=O)N[C@@H]1CCCN(C(=O)OC2CCOC2)[C@@H]1Cc1cccc(-c2ccccc2)c1. The minimum atomic E-state index is -3.42. The molecule has 0 radical (unpaired) electrons. The number of hydrogen-bond donors (Lipinski definition) is 1. The molecule has 0 saturated carbocycles. The van der Waals surface area contributed by atoms with Crippen LogP contribution in [0, 0.1) is 0 Å². The van der Waals surface area contributed by atoms with Crippen molar-refractivity contribution in [3.05, 3.63) is 60.2 Å². The molecule has 2 aliphatic rings. The summed E-state index contributed by atoms with van der Waals surface area (Å²) in [6.07, 6.45) is 3.12. The molecule has 0 spiro atoms. The number of ether oxygens (including phenoxy) is 2. The van der Waals surface area contributed by atoms with Gasteiger partial charge in [0.1, 0.15) is 6.10 Å². The number of sulfonamides is 1. The smallest absolute Gasteiger partial charge is 0.410 e. The van der Waals surface area contributed by atoms with Crippen LogP contribution in [-0.2, 0) is 25.9 Å². The quantitative estimate of drug-likeness (QED) is 0.719. The van der Waals surface area contributed by atoms with Crippen molar-refractivity contribution in [2.24, 2.45) is 0 Å². The van der Waals surface area contributed by atoms with E-state index in [-0.39, 0.29) is 18.2 Å². The number of nitrogens with zero attached hydrogens (tertiary/aromatic N) is 1.